The maximum Gasteiger partial charge on any atom is 0.329 e. The smallest absolute Gasteiger partial charge is 0.329 e. The zero-order valence-electron chi connectivity index (χ0n) is 10.6. The Morgan fingerprint density at radius 3 is 2.12 bits per heavy atom. The first kappa shape index (κ1) is 14.0. The molecular formula is C12H22N2O3. The maximum absolute atomic E-state index is 12.1. The zero-order valence-corrected chi connectivity index (χ0v) is 10.6. The molecule has 1 rings (SSSR count). The molecular weight excluding hydrogens is 220 g/mol. The summed E-state index contributed by atoms with van der Waals surface area (Å²) in [5.74, 6) is -1.29. The number of hydrogen-bond acceptors (Lipinski definition) is 3. The number of nitrogens with one attached hydrogen (secondary N) is 1. The molecule has 0 aliphatic heterocycles. The summed E-state index contributed by atoms with van der Waals surface area (Å²) >= 11 is 0. The molecule has 1 aliphatic carbocycles. The highest BCUT2D eigenvalue weighted by atomic mass is 16.4. The Hall–Kier alpha value is -1.10. The Morgan fingerprint density at radius 1 is 1.29 bits per heavy atom. The first-order valence-electron chi connectivity index (χ1n) is 6.25. The lowest BCUT2D eigenvalue weighted by Gasteiger charge is -2.32. The van der Waals surface area contributed by atoms with Crippen LogP contribution in [0.4, 0.5) is 0 Å². The van der Waals surface area contributed by atoms with Crippen molar-refractivity contribution < 1.29 is 14.7 Å². The minimum atomic E-state index is -1.09. The summed E-state index contributed by atoms with van der Waals surface area (Å²) in [6.07, 6.45) is 3.68. The summed E-state index contributed by atoms with van der Waals surface area (Å²) < 4.78 is 0. The Labute approximate surface area is 102 Å². The topological polar surface area (TPSA) is 92.4 Å². The highest BCUT2D eigenvalue weighted by Crippen LogP contribution is 2.30. The number of carboxylic acids is 1. The Bertz CT molecular complexity index is 305. The number of rotatable bonds is 5. The standard InChI is InChI=1S/C12H22N2O3/c1-3-11(13,4-2)9(15)14-12(10(16)17)7-5-6-8-12/h3-8,13H2,1-2H3,(H,14,15)(H,16,17). The highest BCUT2D eigenvalue weighted by molar-refractivity contribution is 5.92. The fourth-order valence-corrected chi connectivity index (χ4v) is 2.28. The lowest BCUT2D eigenvalue weighted by molar-refractivity contribution is -0.148. The number of carbonyl (C=O) groups excluding carboxylic acids is 1. The molecule has 98 valence electrons. The monoisotopic (exact) mass is 242 g/mol. The Kier molecular flexibility index (Phi) is 4.14. The minimum absolute atomic E-state index is 0.341. The van der Waals surface area contributed by atoms with Gasteiger partial charge >= 0.3 is 5.97 Å². The van der Waals surface area contributed by atoms with Crippen molar-refractivity contribution in [3.63, 3.8) is 0 Å². The minimum Gasteiger partial charge on any atom is -0.480 e. The van der Waals surface area contributed by atoms with Crippen LogP contribution in [0.5, 0.6) is 0 Å². The van der Waals surface area contributed by atoms with Gasteiger partial charge in [0.2, 0.25) is 5.91 Å². The zero-order chi connectivity index (χ0) is 13.1. The van der Waals surface area contributed by atoms with Crippen molar-refractivity contribution in [3.05, 3.63) is 0 Å². The molecule has 0 radical (unpaired) electrons. The van der Waals surface area contributed by atoms with Crippen LogP contribution in [-0.2, 0) is 9.59 Å². The van der Waals surface area contributed by atoms with Crippen molar-refractivity contribution in [1.82, 2.24) is 5.32 Å². The number of amides is 1. The van der Waals surface area contributed by atoms with Crippen molar-refractivity contribution in [2.75, 3.05) is 0 Å². The van der Waals surface area contributed by atoms with Gasteiger partial charge in [0.25, 0.3) is 0 Å². The van der Waals surface area contributed by atoms with Gasteiger partial charge in [-0.3, -0.25) is 4.79 Å². The molecule has 5 heteroatoms. The van der Waals surface area contributed by atoms with Crippen molar-refractivity contribution in [2.45, 2.75) is 63.5 Å². The molecule has 5 nitrogen and oxygen atoms in total. The number of carbonyl (C=O) groups is 2. The SMILES string of the molecule is CCC(N)(CC)C(=O)NC1(C(=O)O)CCCC1. The van der Waals surface area contributed by atoms with Gasteiger partial charge in [-0.15, -0.1) is 0 Å². The average Bonchev–Trinajstić information content (AvgIpc) is 2.77. The van der Waals surface area contributed by atoms with Crippen LogP contribution < -0.4 is 11.1 Å². The largest absolute Gasteiger partial charge is 0.480 e. The lowest BCUT2D eigenvalue weighted by Crippen LogP contribution is -2.61. The second-order valence-corrected chi connectivity index (χ2v) is 4.91. The maximum atomic E-state index is 12.1. The first-order chi connectivity index (χ1) is 7.90. The molecule has 4 N–H and O–H groups in total. The average molecular weight is 242 g/mol. The molecule has 0 spiro atoms. The van der Waals surface area contributed by atoms with E-state index in [1.54, 1.807) is 0 Å². The van der Waals surface area contributed by atoms with Crippen molar-refractivity contribution in [1.29, 1.82) is 0 Å². The van der Waals surface area contributed by atoms with Crippen LogP contribution in [0.3, 0.4) is 0 Å². The summed E-state index contributed by atoms with van der Waals surface area (Å²) in [6.45, 7) is 3.68. The van der Waals surface area contributed by atoms with Gasteiger partial charge in [-0.2, -0.15) is 0 Å². The molecule has 0 bridgehead atoms. The molecule has 0 aromatic heterocycles. The van der Waals surface area contributed by atoms with E-state index in [1.807, 2.05) is 13.8 Å². The number of aliphatic carboxylic acids is 1. The summed E-state index contributed by atoms with van der Waals surface area (Å²) in [5, 5.41) is 11.9. The van der Waals surface area contributed by atoms with Crippen LogP contribution in [0.1, 0.15) is 52.4 Å². The predicted octanol–water partition coefficient (Wildman–Crippen LogP) is 1.02. The predicted molar refractivity (Wildman–Crippen MR) is 64.5 cm³/mol. The van der Waals surface area contributed by atoms with E-state index in [0.29, 0.717) is 25.7 Å². The third kappa shape index (κ3) is 2.60. The van der Waals surface area contributed by atoms with Crippen LogP contribution >= 0.6 is 0 Å². The van der Waals surface area contributed by atoms with Crippen LogP contribution in [0, 0.1) is 0 Å². The summed E-state index contributed by atoms with van der Waals surface area (Å²) in [5.41, 5.74) is 3.93. The summed E-state index contributed by atoms with van der Waals surface area (Å²) in [7, 11) is 0. The van der Waals surface area contributed by atoms with E-state index >= 15 is 0 Å². The molecule has 1 amide bonds. The molecule has 0 aromatic carbocycles. The summed E-state index contributed by atoms with van der Waals surface area (Å²) in [4.78, 5) is 23.4. The third-order valence-electron chi connectivity index (χ3n) is 3.93. The normalized spacial score (nSPS) is 19.0. The van der Waals surface area contributed by atoms with Gasteiger partial charge in [-0.1, -0.05) is 26.7 Å². The fraction of sp³-hybridized carbons (Fsp3) is 0.833. The molecule has 0 heterocycles. The second-order valence-electron chi connectivity index (χ2n) is 4.91. The molecule has 17 heavy (non-hydrogen) atoms. The molecule has 0 atom stereocenters. The van der Waals surface area contributed by atoms with E-state index in [0.717, 1.165) is 12.8 Å². The van der Waals surface area contributed by atoms with Crippen molar-refractivity contribution in [3.8, 4) is 0 Å². The molecule has 0 saturated heterocycles. The number of carboxylic acid groups (broad SMARTS) is 1. The fourth-order valence-electron chi connectivity index (χ4n) is 2.28. The van der Waals surface area contributed by atoms with E-state index in [-0.39, 0.29) is 5.91 Å². The Balaban J connectivity index is 2.82. The van der Waals surface area contributed by atoms with E-state index < -0.39 is 17.0 Å². The van der Waals surface area contributed by atoms with E-state index in [1.165, 1.54) is 0 Å². The van der Waals surface area contributed by atoms with Gasteiger partial charge < -0.3 is 16.2 Å². The van der Waals surface area contributed by atoms with Gasteiger partial charge in [0.15, 0.2) is 0 Å². The van der Waals surface area contributed by atoms with E-state index in [4.69, 9.17) is 5.73 Å². The quantitative estimate of drug-likeness (QED) is 0.671. The highest BCUT2D eigenvalue weighted by Gasteiger charge is 2.45. The number of nitrogens with two attached hydrogens (primary N) is 1. The van der Waals surface area contributed by atoms with E-state index in [2.05, 4.69) is 5.32 Å². The Morgan fingerprint density at radius 2 is 1.76 bits per heavy atom. The molecule has 0 unspecified atom stereocenters. The van der Waals surface area contributed by atoms with Crippen LogP contribution in [0.25, 0.3) is 0 Å². The van der Waals surface area contributed by atoms with Gasteiger partial charge in [0, 0.05) is 0 Å². The van der Waals surface area contributed by atoms with Gasteiger partial charge in [0.1, 0.15) is 5.54 Å². The molecule has 1 fully saturated rings. The van der Waals surface area contributed by atoms with Crippen LogP contribution in [0.15, 0.2) is 0 Å². The third-order valence-corrected chi connectivity index (χ3v) is 3.93. The molecule has 1 aliphatic rings. The summed E-state index contributed by atoms with van der Waals surface area (Å²) in [6, 6.07) is 0. The second kappa shape index (κ2) is 5.04. The van der Waals surface area contributed by atoms with Crippen molar-refractivity contribution in [2.24, 2.45) is 5.73 Å². The van der Waals surface area contributed by atoms with Crippen LogP contribution in [0.2, 0.25) is 0 Å². The van der Waals surface area contributed by atoms with Gasteiger partial charge in [-0.25, -0.2) is 4.79 Å². The number of hydrogen-bond donors (Lipinski definition) is 3. The first-order valence-corrected chi connectivity index (χ1v) is 6.25. The van der Waals surface area contributed by atoms with Gasteiger partial charge in [-0.05, 0) is 25.7 Å². The van der Waals surface area contributed by atoms with Gasteiger partial charge in [0.05, 0.1) is 5.54 Å². The lowest BCUT2D eigenvalue weighted by atomic mass is 9.90. The molecule has 1 saturated carbocycles. The van der Waals surface area contributed by atoms with Crippen molar-refractivity contribution >= 4 is 11.9 Å². The van der Waals surface area contributed by atoms with Crippen LogP contribution in [-0.4, -0.2) is 28.1 Å². The van der Waals surface area contributed by atoms with E-state index in [9.17, 15) is 14.7 Å². The molecule has 0 aromatic rings.